The van der Waals surface area contributed by atoms with E-state index in [1.165, 1.54) is 0 Å². The summed E-state index contributed by atoms with van der Waals surface area (Å²) in [5, 5.41) is 9.40. The lowest BCUT2D eigenvalue weighted by atomic mass is 10.1. The van der Waals surface area contributed by atoms with E-state index in [1.54, 1.807) is 30.4 Å². The Labute approximate surface area is 144 Å². The van der Waals surface area contributed by atoms with Crippen LogP contribution in [0.25, 0.3) is 10.4 Å². The number of esters is 1. The zero-order valence-electron chi connectivity index (χ0n) is 14.0. The predicted molar refractivity (Wildman–Crippen MR) is 90.6 cm³/mol. The van der Waals surface area contributed by atoms with Gasteiger partial charge in [-0.25, -0.2) is 19.6 Å². The maximum atomic E-state index is 11.9. The van der Waals surface area contributed by atoms with Crippen LogP contribution in [0.4, 0.5) is 0 Å². The molecule has 24 heavy (non-hydrogen) atoms. The summed E-state index contributed by atoms with van der Waals surface area (Å²) in [5.74, 6) is -0.498. The largest absolute Gasteiger partial charge is 0.461 e. The average molecular weight is 351 g/mol. The van der Waals surface area contributed by atoms with E-state index in [0.717, 1.165) is 20.9 Å². The van der Waals surface area contributed by atoms with Gasteiger partial charge in [-0.05, 0) is 50.1 Å². The number of ether oxygens (including phenoxy) is 1. The summed E-state index contributed by atoms with van der Waals surface area (Å²) < 4.78 is 5.00. The Balaban J connectivity index is 2.32. The lowest BCUT2D eigenvalue weighted by Gasteiger charge is -2.06. The van der Waals surface area contributed by atoms with E-state index in [9.17, 15) is 9.90 Å². The van der Waals surface area contributed by atoms with Crippen LogP contribution >= 0.6 is 11.3 Å². The molecular weight excluding hydrogens is 330 g/mol. The number of nitrogens with zero attached hydrogens (tertiary/aromatic N) is 1. The molecule has 0 aromatic carbocycles. The Morgan fingerprint density at radius 1 is 1.21 bits per heavy atom. The third-order valence-corrected chi connectivity index (χ3v) is 4.48. The Hall–Kier alpha value is -1.80. The molecule has 2 aromatic heterocycles. The number of aliphatic hydroxyl groups excluding tert-OH is 1. The van der Waals surface area contributed by atoms with Crippen molar-refractivity contribution in [3.05, 3.63) is 40.0 Å². The number of aryl methyl sites for hydroxylation is 1. The van der Waals surface area contributed by atoms with Gasteiger partial charge in [0.1, 0.15) is 12.3 Å². The number of pyridine rings is 1. The Morgan fingerprint density at radius 3 is 2.67 bits per heavy atom. The van der Waals surface area contributed by atoms with E-state index >= 15 is 0 Å². The molecule has 130 valence electrons. The quantitative estimate of drug-likeness (QED) is 0.340. The van der Waals surface area contributed by atoms with Gasteiger partial charge in [-0.1, -0.05) is 0 Å². The minimum atomic E-state index is -0.498. The van der Waals surface area contributed by atoms with Gasteiger partial charge in [0.25, 0.3) is 0 Å². The Kier molecular flexibility index (Phi) is 6.86. The normalized spacial score (nSPS) is 10.8. The van der Waals surface area contributed by atoms with Crippen molar-refractivity contribution in [2.24, 2.45) is 0 Å². The Bertz CT molecular complexity index is 698. The van der Waals surface area contributed by atoms with Crippen LogP contribution in [0.3, 0.4) is 0 Å². The van der Waals surface area contributed by atoms with Gasteiger partial charge in [-0.15, -0.1) is 11.3 Å². The number of hydrogen-bond acceptors (Lipinski definition) is 7. The van der Waals surface area contributed by atoms with E-state index in [4.69, 9.17) is 14.5 Å². The van der Waals surface area contributed by atoms with Gasteiger partial charge in [0.2, 0.25) is 0 Å². The minimum Gasteiger partial charge on any atom is -0.461 e. The zero-order valence-corrected chi connectivity index (χ0v) is 14.8. The molecule has 0 aliphatic rings. The molecule has 0 unspecified atom stereocenters. The molecule has 0 bridgehead atoms. The molecule has 0 radical (unpaired) electrons. The minimum absolute atomic E-state index is 0.191. The number of thiophene rings is 1. The molecule has 2 heterocycles. The predicted octanol–water partition coefficient (Wildman–Crippen LogP) is 3.26. The monoisotopic (exact) mass is 351 g/mol. The second-order valence-electron chi connectivity index (χ2n) is 5.00. The molecule has 0 spiro atoms. The van der Waals surface area contributed by atoms with Crippen molar-refractivity contribution in [3.8, 4) is 10.4 Å². The topological polar surface area (TPSA) is 77.9 Å². The molecule has 0 aliphatic heterocycles. The van der Waals surface area contributed by atoms with Crippen molar-refractivity contribution in [2.75, 3.05) is 13.2 Å². The van der Waals surface area contributed by atoms with Crippen molar-refractivity contribution < 1.29 is 24.4 Å². The molecule has 0 amide bonds. The molecular formula is C17H21NO5S. The van der Waals surface area contributed by atoms with Crippen LogP contribution in [0.1, 0.15) is 40.5 Å². The highest BCUT2D eigenvalue weighted by Crippen LogP contribution is 2.32. The van der Waals surface area contributed by atoms with E-state index in [2.05, 4.69) is 4.98 Å². The number of carbonyl (C=O) groups is 1. The molecule has 0 fully saturated rings. The second-order valence-corrected chi connectivity index (χ2v) is 6.13. The summed E-state index contributed by atoms with van der Waals surface area (Å²) in [7, 11) is 0. The van der Waals surface area contributed by atoms with Crippen molar-refractivity contribution in [2.45, 2.75) is 34.0 Å². The van der Waals surface area contributed by atoms with Crippen LogP contribution in [0.2, 0.25) is 0 Å². The first-order valence-corrected chi connectivity index (χ1v) is 8.53. The van der Waals surface area contributed by atoms with Gasteiger partial charge in [-0.2, -0.15) is 0 Å². The smallest absolute Gasteiger partial charge is 0.356 e. The highest BCUT2D eigenvalue weighted by molar-refractivity contribution is 7.15. The number of rotatable bonds is 8. The number of carbonyl (C=O) groups excluding carboxylic acids is 1. The Morgan fingerprint density at radius 2 is 2.00 bits per heavy atom. The van der Waals surface area contributed by atoms with Crippen LogP contribution in [-0.2, 0) is 27.7 Å². The third-order valence-electron chi connectivity index (χ3n) is 3.22. The summed E-state index contributed by atoms with van der Waals surface area (Å²) in [6.07, 6.45) is 0. The first-order valence-electron chi connectivity index (χ1n) is 7.72. The lowest BCUT2D eigenvalue weighted by Crippen LogP contribution is -2.08. The van der Waals surface area contributed by atoms with E-state index in [1.807, 2.05) is 19.9 Å². The second kappa shape index (κ2) is 8.89. The fraction of sp³-hybridized carbons (Fsp3) is 0.412. The molecule has 7 heteroatoms. The first-order chi connectivity index (χ1) is 11.6. The van der Waals surface area contributed by atoms with E-state index in [-0.39, 0.29) is 18.9 Å². The first kappa shape index (κ1) is 18.5. The number of aliphatic hydroxyl groups is 1. The van der Waals surface area contributed by atoms with Gasteiger partial charge in [0.15, 0.2) is 0 Å². The van der Waals surface area contributed by atoms with Gasteiger partial charge < -0.3 is 9.84 Å². The lowest BCUT2D eigenvalue weighted by molar-refractivity contribution is -0.300. The van der Waals surface area contributed by atoms with Gasteiger partial charge in [0.05, 0.1) is 25.5 Å². The van der Waals surface area contributed by atoms with Gasteiger partial charge >= 0.3 is 5.97 Å². The number of hydrogen-bond donors (Lipinski definition) is 1. The van der Waals surface area contributed by atoms with Crippen molar-refractivity contribution in [3.63, 3.8) is 0 Å². The molecule has 1 N–H and O–H groups in total. The van der Waals surface area contributed by atoms with Gasteiger partial charge in [-0.3, -0.25) is 0 Å². The summed E-state index contributed by atoms with van der Waals surface area (Å²) in [6.45, 7) is 6.47. The molecule has 2 aromatic rings. The molecule has 0 saturated carbocycles. The van der Waals surface area contributed by atoms with Crippen LogP contribution in [0.5, 0.6) is 0 Å². The summed E-state index contributed by atoms with van der Waals surface area (Å²) in [4.78, 5) is 28.1. The molecule has 0 saturated heterocycles. The number of aromatic nitrogens is 1. The summed E-state index contributed by atoms with van der Waals surface area (Å²) >= 11 is 1.55. The maximum absolute atomic E-state index is 11.9. The summed E-state index contributed by atoms with van der Waals surface area (Å²) in [6, 6.07) is 5.46. The summed E-state index contributed by atoms with van der Waals surface area (Å²) in [5.41, 5.74) is 2.51. The zero-order chi connectivity index (χ0) is 17.5. The van der Waals surface area contributed by atoms with E-state index in [0.29, 0.717) is 18.9 Å². The maximum Gasteiger partial charge on any atom is 0.356 e. The van der Waals surface area contributed by atoms with Crippen LogP contribution in [0, 0.1) is 6.92 Å². The van der Waals surface area contributed by atoms with Crippen molar-refractivity contribution in [1.82, 2.24) is 4.98 Å². The van der Waals surface area contributed by atoms with Crippen LogP contribution < -0.4 is 0 Å². The standard InChI is InChI=1S/C17H21NO5S/c1-4-21-17(20)14-8-12(7-13(9-19)18-14)15-6-11(3)16(24-15)10-23-22-5-2/h6-8,19H,4-5,9-10H2,1-3H3. The van der Waals surface area contributed by atoms with Gasteiger partial charge in [0, 0.05) is 9.75 Å². The fourth-order valence-electron chi connectivity index (χ4n) is 2.10. The average Bonchev–Trinajstić information content (AvgIpc) is 2.96. The highest BCUT2D eigenvalue weighted by Gasteiger charge is 2.15. The van der Waals surface area contributed by atoms with Crippen molar-refractivity contribution in [1.29, 1.82) is 0 Å². The third kappa shape index (κ3) is 4.61. The fourth-order valence-corrected chi connectivity index (χ4v) is 3.17. The van der Waals surface area contributed by atoms with E-state index < -0.39 is 5.97 Å². The van der Waals surface area contributed by atoms with Crippen LogP contribution in [0.15, 0.2) is 18.2 Å². The molecule has 0 atom stereocenters. The van der Waals surface area contributed by atoms with Crippen molar-refractivity contribution >= 4 is 17.3 Å². The molecule has 6 nitrogen and oxygen atoms in total. The molecule has 2 rings (SSSR count). The highest BCUT2D eigenvalue weighted by atomic mass is 32.1. The van der Waals surface area contributed by atoms with Crippen LogP contribution in [-0.4, -0.2) is 29.3 Å². The SMILES string of the molecule is CCOOCc1sc(-c2cc(CO)nc(C(=O)OCC)c2)cc1C. The molecule has 0 aliphatic carbocycles.